The summed E-state index contributed by atoms with van der Waals surface area (Å²) in [7, 11) is 0. The topological polar surface area (TPSA) is 69.9 Å². The Balaban J connectivity index is 1.44. The fourth-order valence-corrected chi connectivity index (χ4v) is 4.21. The van der Waals surface area contributed by atoms with Crippen molar-refractivity contribution in [1.29, 1.82) is 0 Å². The molecule has 2 aliphatic rings. The van der Waals surface area contributed by atoms with Gasteiger partial charge in [-0.1, -0.05) is 17.3 Å². The highest BCUT2D eigenvalue weighted by atomic mass is 19.1. The van der Waals surface area contributed by atoms with Crippen molar-refractivity contribution >= 4 is 11.8 Å². The van der Waals surface area contributed by atoms with E-state index in [1.54, 1.807) is 30.9 Å². The summed E-state index contributed by atoms with van der Waals surface area (Å²) in [6.07, 6.45) is 0.591. The third kappa shape index (κ3) is 3.89. The number of carbonyl (C=O) groups is 2. The van der Waals surface area contributed by atoms with Crippen LogP contribution in [0.1, 0.15) is 33.8 Å². The lowest BCUT2D eigenvalue weighted by molar-refractivity contribution is -0.142. The maximum absolute atomic E-state index is 13.1. The average Bonchev–Trinajstić information content (AvgIpc) is 2.91. The first-order valence-electron chi connectivity index (χ1n) is 9.93. The SMILES string of the molecule is Cc1noc(C)c1C(=O)N1CCC2C(=O)N(Cc3ccc(F)cc3)CCN2CC1. The third-order valence-electron chi connectivity index (χ3n) is 5.85. The molecule has 3 heterocycles. The smallest absolute Gasteiger partial charge is 0.259 e. The van der Waals surface area contributed by atoms with Gasteiger partial charge in [0.1, 0.15) is 17.1 Å². The molecule has 8 heteroatoms. The molecule has 2 aliphatic heterocycles. The lowest BCUT2D eigenvalue weighted by atomic mass is 10.1. The molecule has 1 aromatic carbocycles. The summed E-state index contributed by atoms with van der Waals surface area (Å²) in [5.74, 6) is 0.233. The van der Waals surface area contributed by atoms with Gasteiger partial charge in [0, 0.05) is 39.3 Å². The predicted molar refractivity (Wildman–Crippen MR) is 104 cm³/mol. The molecule has 29 heavy (non-hydrogen) atoms. The molecular formula is C21H25FN4O3. The Morgan fingerprint density at radius 1 is 1.14 bits per heavy atom. The molecule has 1 unspecified atom stereocenters. The fraction of sp³-hybridized carbons (Fsp3) is 0.476. The summed E-state index contributed by atoms with van der Waals surface area (Å²) in [5, 5.41) is 3.88. The first-order chi connectivity index (χ1) is 13.9. The predicted octanol–water partition coefficient (Wildman–Crippen LogP) is 1.99. The molecule has 7 nitrogen and oxygen atoms in total. The lowest BCUT2D eigenvalue weighted by Gasteiger charge is -2.39. The Bertz CT molecular complexity index is 892. The van der Waals surface area contributed by atoms with E-state index in [-0.39, 0.29) is 23.7 Å². The second-order valence-electron chi connectivity index (χ2n) is 7.72. The number of aryl methyl sites for hydroxylation is 2. The maximum atomic E-state index is 13.1. The zero-order chi connectivity index (χ0) is 20.5. The van der Waals surface area contributed by atoms with E-state index in [1.807, 2.05) is 4.90 Å². The van der Waals surface area contributed by atoms with Crippen LogP contribution in [0.2, 0.25) is 0 Å². The Labute approximate surface area is 169 Å². The zero-order valence-electron chi connectivity index (χ0n) is 16.7. The van der Waals surface area contributed by atoms with Crippen molar-refractivity contribution < 1.29 is 18.5 Å². The molecule has 2 fully saturated rings. The molecule has 2 amide bonds. The van der Waals surface area contributed by atoms with Gasteiger partial charge in [0.15, 0.2) is 0 Å². The van der Waals surface area contributed by atoms with Crippen LogP contribution < -0.4 is 0 Å². The molecular weight excluding hydrogens is 375 g/mol. The highest BCUT2D eigenvalue weighted by molar-refractivity contribution is 5.96. The number of carbonyl (C=O) groups excluding carboxylic acids is 2. The number of fused-ring (bicyclic) bond motifs is 1. The number of aromatic nitrogens is 1. The highest BCUT2D eigenvalue weighted by Gasteiger charge is 2.37. The largest absolute Gasteiger partial charge is 0.361 e. The van der Waals surface area contributed by atoms with Crippen molar-refractivity contribution in [2.45, 2.75) is 32.9 Å². The average molecular weight is 400 g/mol. The van der Waals surface area contributed by atoms with Crippen LogP contribution in [0, 0.1) is 19.7 Å². The summed E-state index contributed by atoms with van der Waals surface area (Å²) < 4.78 is 18.3. The molecule has 2 aromatic rings. The number of amides is 2. The summed E-state index contributed by atoms with van der Waals surface area (Å²) in [4.78, 5) is 31.8. The molecule has 1 atom stereocenters. The number of benzene rings is 1. The minimum atomic E-state index is -0.281. The number of halogens is 1. The second kappa shape index (κ2) is 7.94. The molecule has 0 aliphatic carbocycles. The first kappa shape index (κ1) is 19.6. The van der Waals surface area contributed by atoms with Crippen LogP contribution >= 0.6 is 0 Å². The van der Waals surface area contributed by atoms with Crippen LogP contribution in [0.4, 0.5) is 4.39 Å². The van der Waals surface area contributed by atoms with Crippen LogP contribution in [0.5, 0.6) is 0 Å². The van der Waals surface area contributed by atoms with E-state index in [2.05, 4.69) is 10.1 Å². The summed E-state index contributed by atoms with van der Waals surface area (Å²) in [6.45, 7) is 7.13. The van der Waals surface area contributed by atoms with Gasteiger partial charge < -0.3 is 14.3 Å². The van der Waals surface area contributed by atoms with E-state index in [9.17, 15) is 14.0 Å². The van der Waals surface area contributed by atoms with Crippen LogP contribution in [0.25, 0.3) is 0 Å². The molecule has 2 saturated heterocycles. The Morgan fingerprint density at radius 2 is 1.86 bits per heavy atom. The van der Waals surface area contributed by atoms with Crippen molar-refractivity contribution in [1.82, 2.24) is 19.9 Å². The van der Waals surface area contributed by atoms with Crippen LogP contribution in [0.15, 0.2) is 28.8 Å². The van der Waals surface area contributed by atoms with Crippen molar-refractivity contribution in [3.05, 3.63) is 52.7 Å². The summed E-state index contributed by atoms with van der Waals surface area (Å²) in [6, 6.07) is 6.03. The molecule has 0 bridgehead atoms. The monoisotopic (exact) mass is 400 g/mol. The molecule has 0 radical (unpaired) electrons. The minimum absolute atomic E-state index is 0.0761. The van der Waals surface area contributed by atoms with Gasteiger partial charge >= 0.3 is 0 Å². The van der Waals surface area contributed by atoms with E-state index in [0.717, 1.165) is 12.1 Å². The lowest BCUT2D eigenvalue weighted by Crippen LogP contribution is -2.56. The van der Waals surface area contributed by atoms with Gasteiger partial charge in [0.05, 0.1) is 11.7 Å². The zero-order valence-corrected chi connectivity index (χ0v) is 16.7. The number of hydrogen-bond acceptors (Lipinski definition) is 5. The van der Waals surface area contributed by atoms with Gasteiger partial charge in [0.25, 0.3) is 5.91 Å². The number of rotatable bonds is 3. The van der Waals surface area contributed by atoms with Crippen LogP contribution in [0.3, 0.4) is 0 Å². The molecule has 4 rings (SSSR count). The van der Waals surface area contributed by atoms with E-state index in [0.29, 0.717) is 56.2 Å². The molecule has 0 saturated carbocycles. The van der Waals surface area contributed by atoms with Crippen LogP contribution in [-0.2, 0) is 11.3 Å². The van der Waals surface area contributed by atoms with Gasteiger partial charge in [-0.3, -0.25) is 14.5 Å². The van der Waals surface area contributed by atoms with Gasteiger partial charge in [-0.25, -0.2) is 4.39 Å². The molecule has 154 valence electrons. The summed E-state index contributed by atoms with van der Waals surface area (Å²) >= 11 is 0. The molecule has 0 N–H and O–H groups in total. The van der Waals surface area contributed by atoms with Gasteiger partial charge in [-0.2, -0.15) is 0 Å². The number of piperazine rings is 1. The third-order valence-corrected chi connectivity index (χ3v) is 5.85. The normalized spacial score (nSPS) is 20.5. The first-order valence-corrected chi connectivity index (χ1v) is 9.93. The molecule has 0 spiro atoms. The fourth-order valence-electron chi connectivity index (χ4n) is 4.21. The van der Waals surface area contributed by atoms with E-state index in [4.69, 9.17) is 4.52 Å². The van der Waals surface area contributed by atoms with Gasteiger partial charge in [-0.15, -0.1) is 0 Å². The minimum Gasteiger partial charge on any atom is -0.361 e. The Kier molecular flexibility index (Phi) is 5.36. The maximum Gasteiger partial charge on any atom is 0.259 e. The second-order valence-corrected chi connectivity index (χ2v) is 7.72. The van der Waals surface area contributed by atoms with Crippen molar-refractivity contribution in [3.63, 3.8) is 0 Å². The summed E-state index contributed by atoms with van der Waals surface area (Å²) in [5.41, 5.74) is 2.03. The number of nitrogens with zero attached hydrogens (tertiary/aromatic N) is 4. The van der Waals surface area contributed by atoms with E-state index in [1.165, 1.54) is 12.1 Å². The molecule has 1 aromatic heterocycles. The Hall–Kier alpha value is -2.74. The van der Waals surface area contributed by atoms with Crippen LogP contribution in [-0.4, -0.2) is 70.4 Å². The van der Waals surface area contributed by atoms with Crippen molar-refractivity contribution in [2.24, 2.45) is 0 Å². The Morgan fingerprint density at radius 3 is 2.55 bits per heavy atom. The van der Waals surface area contributed by atoms with Crippen molar-refractivity contribution in [3.8, 4) is 0 Å². The van der Waals surface area contributed by atoms with Crippen molar-refractivity contribution in [2.75, 3.05) is 32.7 Å². The van der Waals surface area contributed by atoms with E-state index >= 15 is 0 Å². The van der Waals surface area contributed by atoms with E-state index < -0.39 is 0 Å². The van der Waals surface area contributed by atoms with Gasteiger partial charge in [0.2, 0.25) is 5.91 Å². The quantitative estimate of drug-likeness (QED) is 0.788. The number of hydrogen-bond donors (Lipinski definition) is 0. The standard InChI is InChI=1S/C21H25FN4O3/c1-14-19(15(2)29-23-14)21(28)25-8-7-18-20(27)26(12-10-24(18)9-11-25)13-16-3-5-17(22)6-4-16/h3-6,18H,7-13H2,1-2H3. The van der Waals surface area contributed by atoms with Gasteiger partial charge in [-0.05, 0) is 38.0 Å². The highest BCUT2D eigenvalue weighted by Crippen LogP contribution is 2.22.